The molecule has 6 aromatic carbocycles. The Kier molecular flexibility index (Phi) is 12.6. The van der Waals surface area contributed by atoms with Crippen LogP contribution in [0.25, 0.3) is 99.4 Å². The van der Waals surface area contributed by atoms with Gasteiger partial charge in [-0.3, -0.25) is 9.11 Å². The quantitative estimate of drug-likeness (QED) is 0.114. The van der Waals surface area contributed by atoms with E-state index in [1.165, 1.54) is 0 Å². The molecule has 17 heteroatoms. The Morgan fingerprint density at radius 2 is 0.730 bits per heavy atom. The van der Waals surface area contributed by atoms with Crippen LogP contribution in [0.15, 0.2) is 185 Å². The molecule has 0 aliphatic rings. The Bertz CT molecular complexity index is 3360. The Labute approximate surface area is 407 Å². The van der Waals surface area contributed by atoms with E-state index < -0.39 is 20.2 Å². The summed E-state index contributed by atoms with van der Waals surface area (Å²) in [5.41, 5.74) is 6.50. The number of fused-ring (bicyclic) bond motifs is 4. The molecular weight excluding hydrogens is 883 g/mol. The number of furan rings is 2. The van der Waals surface area contributed by atoms with Gasteiger partial charge in [-0.2, -0.15) is 16.8 Å². The van der Waals surface area contributed by atoms with Crippen LogP contribution in [0.2, 0.25) is 0 Å². The molecule has 0 fully saturated rings. The number of nitrogens with zero attached hydrogens (tertiary/aromatic N) is 2. The number of hydrogen-bond acceptors (Lipinski definition) is 11. The monoisotopic (exact) mass is 912 g/mol. The molecule has 5 aromatic heterocycles. The predicted octanol–water partition coefficient (Wildman–Crippen LogP) is 10.7. The molecule has 0 unspecified atom stereocenters. The van der Waals surface area contributed by atoms with E-state index in [0.717, 1.165) is 43.1 Å². The van der Waals surface area contributed by atoms with Crippen molar-refractivity contribution in [1.82, 2.24) is 9.97 Å². The summed E-state index contributed by atoms with van der Waals surface area (Å²) in [6.45, 7) is 0. The van der Waals surface area contributed by atoms with Gasteiger partial charge in [0.05, 0.1) is 9.75 Å². The molecule has 0 radical (unpaired) electrons. The van der Waals surface area contributed by atoms with Crippen molar-refractivity contribution >= 4 is 135 Å². The van der Waals surface area contributed by atoms with E-state index in [1.807, 2.05) is 60.7 Å². The summed E-state index contributed by atoms with van der Waals surface area (Å²) in [7, 11) is -9.09. The van der Waals surface area contributed by atoms with Crippen LogP contribution >= 0.6 is 11.3 Å². The van der Waals surface area contributed by atoms with Crippen LogP contribution in [0.1, 0.15) is 0 Å². The largest absolute Gasteiger partial charge is 0.435 e. The van der Waals surface area contributed by atoms with Gasteiger partial charge in [-0.15, -0.1) is 11.3 Å². The van der Waals surface area contributed by atoms with Crippen molar-refractivity contribution in [2.24, 2.45) is 0 Å². The first-order valence-electron chi connectivity index (χ1n) is 18.5. The van der Waals surface area contributed by atoms with Gasteiger partial charge in [0, 0.05) is 21.9 Å². The molecule has 304 valence electrons. The van der Waals surface area contributed by atoms with Gasteiger partial charge in [-0.05, 0) is 71.8 Å². The second-order valence-electron chi connectivity index (χ2n) is 13.8. The van der Waals surface area contributed by atoms with Crippen molar-refractivity contribution < 1.29 is 43.6 Å². The van der Waals surface area contributed by atoms with Crippen LogP contribution in [-0.4, -0.2) is 95.0 Å². The molecule has 0 amide bonds. The van der Waals surface area contributed by atoms with Gasteiger partial charge in [0.1, 0.15) is 32.0 Å². The van der Waals surface area contributed by atoms with Crippen LogP contribution < -0.4 is 0 Å². The SMILES string of the molecule is O=S(=O)(O)c1c(-c2ccc(-c3ccc(-c4oc5ccccc5c4S(=O)(=O)O)cc3)cc2)oc2ccccc12.[NaH].[NaH].c1ccc2oc(-c3ccc(-c4nc5ccccc5o4)s3)nc2c1. The molecule has 0 aliphatic heterocycles. The van der Waals surface area contributed by atoms with Crippen molar-refractivity contribution in [2.45, 2.75) is 9.79 Å². The summed E-state index contributed by atoms with van der Waals surface area (Å²) < 4.78 is 91.3. The van der Waals surface area contributed by atoms with Gasteiger partial charge < -0.3 is 17.7 Å². The molecule has 63 heavy (non-hydrogen) atoms. The minimum absolute atomic E-state index is 0. The van der Waals surface area contributed by atoms with Crippen molar-refractivity contribution in [3.8, 4) is 55.3 Å². The van der Waals surface area contributed by atoms with E-state index in [9.17, 15) is 25.9 Å². The van der Waals surface area contributed by atoms with E-state index in [0.29, 0.717) is 44.8 Å². The van der Waals surface area contributed by atoms with Gasteiger partial charge in [0.15, 0.2) is 22.7 Å². The molecule has 0 saturated carbocycles. The molecule has 11 aromatic rings. The van der Waals surface area contributed by atoms with E-state index in [-0.39, 0.29) is 80.4 Å². The van der Waals surface area contributed by atoms with Crippen LogP contribution in [-0.2, 0) is 20.2 Å². The molecule has 11 rings (SSSR count). The van der Waals surface area contributed by atoms with Gasteiger partial charge >= 0.3 is 59.1 Å². The maximum absolute atomic E-state index is 12.1. The first-order chi connectivity index (χ1) is 29.5. The smallest absolute Gasteiger partial charge is 0.237 e. The molecule has 0 aliphatic carbocycles. The number of aromatic nitrogens is 2. The Hall–Kier alpha value is -5.14. The number of para-hydroxylation sites is 6. The molecule has 0 saturated heterocycles. The average molecular weight is 913 g/mol. The second-order valence-corrected chi connectivity index (χ2v) is 17.6. The maximum Gasteiger partial charge on any atom is 0.237 e. The first kappa shape index (κ1) is 44.5. The summed E-state index contributed by atoms with van der Waals surface area (Å²) in [4.78, 5) is 10.4. The zero-order chi connectivity index (χ0) is 41.9. The number of benzene rings is 6. The first-order valence-corrected chi connectivity index (χ1v) is 22.2. The third-order valence-corrected chi connectivity index (χ3v) is 12.8. The minimum Gasteiger partial charge on any atom is -0.435 e. The molecule has 0 atom stereocenters. The summed E-state index contributed by atoms with van der Waals surface area (Å²) in [6, 6.07) is 46.4. The fourth-order valence-electron chi connectivity index (χ4n) is 7.09. The van der Waals surface area contributed by atoms with E-state index in [1.54, 1.807) is 108 Å². The van der Waals surface area contributed by atoms with Gasteiger partial charge in [0.25, 0.3) is 20.2 Å². The van der Waals surface area contributed by atoms with Crippen molar-refractivity contribution in [2.75, 3.05) is 0 Å². The summed E-state index contributed by atoms with van der Waals surface area (Å²) >= 11 is 1.56. The minimum atomic E-state index is -4.55. The predicted molar refractivity (Wildman–Crippen MR) is 247 cm³/mol. The Balaban J connectivity index is 0.000000186. The fourth-order valence-corrected chi connectivity index (χ4v) is 9.63. The normalized spacial score (nSPS) is 11.7. The van der Waals surface area contributed by atoms with Crippen molar-refractivity contribution in [3.05, 3.63) is 158 Å². The molecule has 0 bridgehead atoms. The number of rotatable bonds is 7. The fraction of sp³-hybridized carbons (Fsp3) is 0. The Morgan fingerprint density at radius 1 is 0.397 bits per heavy atom. The molecular formula is C46H30N2Na2O10S3. The van der Waals surface area contributed by atoms with Gasteiger partial charge in [0.2, 0.25) is 11.8 Å². The average Bonchev–Trinajstić information content (AvgIpc) is 4.10. The molecule has 2 N–H and O–H groups in total. The van der Waals surface area contributed by atoms with Crippen LogP contribution in [0.3, 0.4) is 0 Å². The zero-order valence-corrected chi connectivity index (χ0v) is 33.7. The van der Waals surface area contributed by atoms with Crippen molar-refractivity contribution in [1.29, 1.82) is 0 Å². The zero-order valence-electron chi connectivity index (χ0n) is 31.3. The van der Waals surface area contributed by atoms with Gasteiger partial charge in [-0.25, -0.2) is 9.97 Å². The van der Waals surface area contributed by atoms with Crippen LogP contribution in [0.5, 0.6) is 0 Å². The maximum atomic E-state index is 12.1. The van der Waals surface area contributed by atoms with Gasteiger partial charge in [-0.1, -0.05) is 97.1 Å². The standard InChI is InChI=1S/C28H18O8S2.C18H10N2O2S.2Na.2H/c29-37(30,31)27-21-5-1-3-7-23(21)35-25(27)19-13-9-17(10-14-19)18-11-15-20(16-12-18)26-28(38(32,33)34)22-6-2-4-8-24(22)36-26;1-3-7-13-11(5-1)19-17(21-13)15-9-10-16(23-15)18-20-12-6-2-4-8-14(12)22-18;;;;/h1-16H,(H,29,30,31)(H,32,33,34);1-10H;;;;. The van der Waals surface area contributed by atoms with Crippen LogP contribution in [0.4, 0.5) is 0 Å². The number of hydrogen-bond donors (Lipinski definition) is 2. The van der Waals surface area contributed by atoms with Crippen molar-refractivity contribution in [3.63, 3.8) is 0 Å². The van der Waals surface area contributed by atoms with E-state index in [2.05, 4.69) is 9.97 Å². The third kappa shape index (κ3) is 8.75. The van der Waals surface area contributed by atoms with E-state index >= 15 is 0 Å². The molecule has 12 nitrogen and oxygen atoms in total. The third-order valence-electron chi connectivity index (χ3n) is 9.86. The van der Waals surface area contributed by atoms with Crippen LogP contribution in [0, 0.1) is 0 Å². The second kappa shape index (κ2) is 17.8. The molecule has 5 heterocycles. The molecule has 0 spiro atoms. The summed E-state index contributed by atoms with van der Waals surface area (Å²) in [5, 5.41) is 0.582. The van der Waals surface area contributed by atoms with E-state index in [4.69, 9.17) is 17.7 Å². The summed E-state index contributed by atoms with van der Waals surface area (Å²) in [6.07, 6.45) is 0. The number of oxazole rings is 2. The summed E-state index contributed by atoms with van der Waals surface area (Å²) in [5.74, 6) is 1.33. The Morgan fingerprint density at radius 3 is 1.10 bits per heavy atom. The topological polar surface area (TPSA) is 187 Å². The number of thiophene rings is 1.